The van der Waals surface area contributed by atoms with Crippen molar-refractivity contribution >= 4 is 0 Å². The lowest BCUT2D eigenvalue weighted by Crippen LogP contribution is -2.53. The van der Waals surface area contributed by atoms with Crippen LogP contribution in [0.4, 0.5) is 0 Å². The van der Waals surface area contributed by atoms with Gasteiger partial charge in [-0.05, 0) is 121 Å². The predicted octanol–water partition coefficient (Wildman–Crippen LogP) is 4.56. The summed E-state index contributed by atoms with van der Waals surface area (Å²) < 4.78 is 0. The summed E-state index contributed by atoms with van der Waals surface area (Å²) in [5.74, 6) is 2.63. The number of hydrogen-bond acceptors (Lipinski definition) is 3. The van der Waals surface area contributed by atoms with Gasteiger partial charge < -0.3 is 14.9 Å². The van der Waals surface area contributed by atoms with Gasteiger partial charge in [-0.2, -0.15) is 0 Å². The van der Waals surface area contributed by atoms with E-state index in [2.05, 4.69) is 50.9 Å². The van der Waals surface area contributed by atoms with E-state index < -0.39 is 0 Å². The van der Waals surface area contributed by atoms with E-state index in [0.717, 1.165) is 36.6 Å². The van der Waals surface area contributed by atoms with Gasteiger partial charge in [-0.3, -0.25) is 0 Å². The molecule has 0 bridgehead atoms. The summed E-state index contributed by atoms with van der Waals surface area (Å²) in [4.78, 5) is 5.03. The molecule has 2 unspecified atom stereocenters. The molecule has 0 aromatic rings. The summed E-state index contributed by atoms with van der Waals surface area (Å²) in [7, 11) is 6.76. The van der Waals surface area contributed by atoms with Gasteiger partial charge in [0.15, 0.2) is 0 Å². The van der Waals surface area contributed by atoms with Crippen molar-refractivity contribution in [2.24, 2.45) is 28.6 Å². The topological polar surface area (TPSA) is 26.7 Å². The van der Waals surface area contributed by atoms with Gasteiger partial charge >= 0.3 is 0 Å². The normalized spacial score (nSPS) is 45.6. The van der Waals surface area contributed by atoms with Crippen LogP contribution >= 0.6 is 0 Å². The molecule has 0 spiro atoms. The zero-order chi connectivity index (χ0) is 20.1. The molecule has 0 amide bonds. The first-order chi connectivity index (χ1) is 13.3. The summed E-state index contributed by atoms with van der Waals surface area (Å²) in [6.45, 7) is 7.61. The standard InChI is InChI=1S/C25H44N2O/c1-24-13-11-19(28)17-18(24)7-8-20-21-9-10-23(25(21,2)14-12-22(20)24)27(5)16-6-15-26(3)4/h7,19-23,28H,6,8-17H2,1-5H3/t19?,20-,21-,22-,23?,24-,25-/m0/s1. The first-order valence-corrected chi connectivity index (χ1v) is 12.0. The summed E-state index contributed by atoms with van der Waals surface area (Å²) in [5, 5.41) is 10.2. The Morgan fingerprint density at radius 3 is 2.54 bits per heavy atom. The number of aliphatic hydroxyl groups excluding tert-OH is 1. The lowest BCUT2D eigenvalue weighted by atomic mass is 9.48. The Morgan fingerprint density at radius 1 is 1.00 bits per heavy atom. The zero-order valence-electron chi connectivity index (χ0n) is 19.1. The van der Waals surface area contributed by atoms with Gasteiger partial charge in [0.05, 0.1) is 6.10 Å². The SMILES string of the molecule is CN(C)CCCN(C)C1CC[C@H]2[C@@H]3CC=C4CC(O)CC[C@]4(C)[C@H]3CC[C@]12C. The molecule has 0 saturated heterocycles. The minimum atomic E-state index is -0.0867. The Hall–Kier alpha value is -0.380. The van der Waals surface area contributed by atoms with Crippen LogP contribution in [0.15, 0.2) is 11.6 Å². The van der Waals surface area contributed by atoms with Crippen LogP contribution < -0.4 is 0 Å². The van der Waals surface area contributed by atoms with Gasteiger partial charge in [-0.25, -0.2) is 0 Å². The summed E-state index contributed by atoms with van der Waals surface area (Å²) in [6, 6.07) is 0.770. The zero-order valence-corrected chi connectivity index (χ0v) is 19.1. The third-order valence-corrected chi connectivity index (χ3v) is 9.68. The van der Waals surface area contributed by atoms with Crippen LogP contribution in [0, 0.1) is 28.6 Å². The molecular weight excluding hydrogens is 344 g/mol. The molecule has 0 aromatic heterocycles. The highest BCUT2D eigenvalue weighted by Gasteiger charge is 2.59. The third kappa shape index (κ3) is 3.40. The molecule has 160 valence electrons. The average molecular weight is 389 g/mol. The van der Waals surface area contributed by atoms with Crippen molar-refractivity contribution in [3.8, 4) is 0 Å². The van der Waals surface area contributed by atoms with E-state index in [1.54, 1.807) is 5.57 Å². The van der Waals surface area contributed by atoms with Crippen LogP contribution in [0.5, 0.6) is 0 Å². The van der Waals surface area contributed by atoms with E-state index in [0.29, 0.717) is 10.8 Å². The van der Waals surface area contributed by atoms with E-state index in [1.807, 2.05) is 0 Å². The quantitative estimate of drug-likeness (QED) is 0.699. The Bertz CT molecular complexity index is 601. The van der Waals surface area contributed by atoms with Crippen molar-refractivity contribution in [2.45, 2.75) is 83.8 Å². The summed E-state index contributed by atoms with van der Waals surface area (Å²) in [5.41, 5.74) is 2.48. The van der Waals surface area contributed by atoms with Crippen LogP contribution in [-0.4, -0.2) is 61.3 Å². The number of nitrogens with zero attached hydrogens (tertiary/aromatic N) is 2. The second-order valence-electron chi connectivity index (χ2n) is 11.4. The molecular formula is C25H44N2O. The van der Waals surface area contributed by atoms with Gasteiger partial charge in [-0.1, -0.05) is 25.5 Å². The molecule has 1 N–H and O–H groups in total. The first kappa shape index (κ1) is 20.9. The van der Waals surface area contributed by atoms with Crippen LogP contribution in [0.1, 0.15) is 71.6 Å². The fourth-order valence-corrected chi connectivity index (χ4v) is 8.13. The van der Waals surface area contributed by atoms with Crippen molar-refractivity contribution in [2.75, 3.05) is 34.2 Å². The van der Waals surface area contributed by atoms with Gasteiger partial charge in [0, 0.05) is 6.04 Å². The molecule has 0 aromatic carbocycles. The van der Waals surface area contributed by atoms with Gasteiger partial charge in [0.1, 0.15) is 0 Å². The predicted molar refractivity (Wildman–Crippen MR) is 117 cm³/mol. The minimum absolute atomic E-state index is 0.0867. The Labute approximate surface area is 173 Å². The van der Waals surface area contributed by atoms with E-state index >= 15 is 0 Å². The highest BCUT2D eigenvalue weighted by atomic mass is 16.3. The Kier molecular flexibility index (Phi) is 5.74. The van der Waals surface area contributed by atoms with Crippen molar-refractivity contribution in [3.63, 3.8) is 0 Å². The van der Waals surface area contributed by atoms with E-state index in [-0.39, 0.29) is 6.10 Å². The molecule has 3 saturated carbocycles. The van der Waals surface area contributed by atoms with Gasteiger partial charge in [-0.15, -0.1) is 0 Å². The number of fused-ring (bicyclic) bond motifs is 5. The van der Waals surface area contributed by atoms with Crippen molar-refractivity contribution < 1.29 is 5.11 Å². The molecule has 0 aliphatic heterocycles. The molecule has 3 fully saturated rings. The van der Waals surface area contributed by atoms with Crippen molar-refractivity contribution in [3.05, 3.63) is 11.6 Å². The summed E-state index contributed by atoms with van der Waals surface area (Å²) >= 11 is 0. The molecule has 4 aliphatic carbocycles. The maximum atomic E-state index is 10.2. The fourth-order valence-electron chi connectivity index (χ4n) is 8.13. The molecule has 0 heterocycles. The first-order valence-electron chi connectivity index (χ1n) is 12.0. The lowest BCUT2D eigenvalue weighted by Gasteiger charge is -2.58. The number of hydrogen-bond donors (Lipinski definition) is 1. The van der Waals surface area contributed by atoms with Crippen LogP contribution in [0.2, 0.25) is 0 Å². The minimum Gasteiger partial charge on any atom is -0.393 e. The van der Waals surface area contributed by atoms with E-state index in [1.165, 1.54) is 58.0 Å². The number of rotatable bonds is 5. The maximum Gasteiger partial charge on any atom is 0.0577 e. The van der Waals surface area contributed by atoms with Crippen LogP contribution in [0.3, 0.4) is 0 Å². The molecule has 4 aliphatic rings. The Morgan fingerprint density at radius 2 is 1.79 bits per heavy atom. The van der Waals surface area contributed by atoms with Crippen molar-refractivity contribution in [1.82, 2.24) is 9.80 Å². The lowest BCUT2D eigenvalue weighted by molar-refractivity contribution is -0.0565. The second kappa shape index (κ2) is 7.71. The largest absolute Gasteiger partial charge is 0.393 e. The molecule has 3 nitrogen and oxygen atoms in total. The fraction of sp³-hybridized carbons (Fsp3) is 0.920. The number of allylic oxidation sites excluding steroid dienone is 1. The van der Waals surface area contributed by atoms with E-state index in [9.17, 15) is 5.11 Å². The molecule has 7 atom stereocenters. The smallest absolute Gasteiger partial charge is 0.0577 e. The highest BCUT2D eigenvalue weighted by molar-refractivity contribution is 5.25. The summed E-state index contributed by atoms with van der Waals surface area (Å²) in [6.07, 6.45) is 13.8. The molecule has 28 heavy (non-hydrogen) atoms. The molecule has 0 radical (unpaired) electrons. The van der Waals surface area contributed by atoms with Gasteiger partial charge in [0.2, 0.25) is 0 Å². The van der Waals surface area contributed by atoms with E-state index in [4.69, 9.17) is 0 Å². The molecule has 3 heteroatoms. The number of aliphatic hydroxyl groups is 1. The Balaban J connectivity index is 1.49. The second-order valence-corrected chi connectivity index (χ2v) is 11.4. The van der Waals surface area contributed by atoms with Crippen LogP contribution in [-0.2, 0) is 0 Å². The third-order valence-electron chi connectivity index (χ3n) is 9.68. The van der Waals surface area contributed by atoms with Crippen LogP contribution in [0.25, 0.3) is 0 Å². The molecule has 4 rings (SSSR count). The van der Waals surface area contributed by atoms with Crippen molar-refractivity contribution in [1.29, 1.82) is 0 Å². The highest BCUT2D eigenvalue weighted by Crippen LogP contribution is 2.65. The average Bonchev–Trinajstić information content (AvgIpc) is 2.99. The maximum absolute atomic E-state index is 10.2. The monoisotopic (exact) mass is 388 g/mol. The van der Waals surface area contributed by atoms with Gasteiger partial charge in [0.25, 0.3) is 0 Å².